The van der Waals surface area contributed by atoms with E-state index in [1.807, 2.05) is 0 Å². The lowest BCUT2D eigenvalue weighted by Gasteiger charge is -2.00. The Hall–Kier alpha value is -2.08. The molecule has 3 rings (SSSR count). The predicted octanol–water partition coefficient (Wildman–Crippen LogP) is 2.84. The highest BCUT2D eigenvalue weighted by molar-refractivity contribution is 7.22. The normalized spacial score (nSPS) is 10.7. The molecule has 18 heavy (non-hydrogen) atoms. The van der Waals surface area contributed by atoms with Gasteiger partial charge in [0.2, 0.25) is 0 Å². The fourth-order valence-electron chi connectivity index (χ4n) is 1.57. The number of nitrogens with one attached hydrogen (secondary N) is 1. The molecule has 90 valence electrons. The molecule has 0 aliphatic carbocycles. The van der Waals surface area contributed by atoms with E-state index < -0.39 is 0 Å². The second-order valence-corrected chi connectivity index (χ2v) is 4.76. The summed E-state index contributed by atoms with van der Waals surface area (Å²) in [6.07, 6.45) is 4.98. The van der Waals surface area contributed by atoms with E-state index in [1.165, 1.54) is 29.8 Å². The van der Waals surface area contributed by atoms with Crippen LogP contribution in [0.15, 0.2) is 36.9 Å². The Morgan fingerprint density at radius 1 is 1.22 bits per heavy atom. The van der Waals surface area contributed by atoms with E-state index in [0.29, 0.717) is 6.54 Å². The maximum Gasteiger partial charge on any atom is 0.184 e. The van der Waals surface area contributed by atoms with Crippen LogP contribution in [0.25, 0.3) is 10.2 Å². The van der Waals surface area contributed by atoms with Crippen LogP contribution in [0, 0.1) is 5.82 Å². The molecule has 0 spiro atoms. The fraction of sp³-hybridized carbons (Fsp3) is 0.0833. The molecule has 4 nitrogen and oxygen atoms in total. The average molecular weight is 260 g/mol. The number of aromatic nitrogens is 3. The third-order valence-corrected chi connectivity index (χ3v) is 3.38. The number of thiazole rings is 1. The van der Waals surface area contributed by atoms with Gasteiger partial charge in [-0.05, 0) is 18.2 Å². The summed E-state index contributed by atoms with van der Waals surface area (Å²) in [6, 6.07) is 4.58. The van der Waals surface area contributed by atoms with Crippen LogP contribution in [0.2, 0.25) is 0 Å². The summed E-state index contributed by atoms with van der Waals surface area (Å²) in [6.45, 7) is 0.600. The molecule has 0 unspecified atom stereocenters. The van der Waals surface area contributed by atoms with Crippen molar-refractivity contribution in [2.24, 2.45) is 0 Å². The van der Waals surface area contributed by atoms with E-state index in [-0.39, 0.29) is 5.82 Å². The van der Waals surface area contributed by atoms with E-state index >= 15 is 0 Å². The monoisotopic (exact) mass is 260 g/mol. The number of hydrogen-bond acceptors (Lipinski definition) is 5. The molecule has 1 aromatic carbocycles. The zero-order chi connectivity index (χ0) is 12.4. The van der Waals surface area contributed by atoms with Gasteiger partial charge in [0.1, 0.15) is 12.1 Å². The Kier molecular flexibility index (Phi) is 2.85. The van der Waals surface area contributed by atoms with Crippen LogP contribution in [0.3, 0.4) is 0 Å². The summed E-state index contributed by atoms with van der Waals surface area (Å²) >= 11 is 1.43. The number of anilines is 1. The summed E-state index contributed by atoms with van der Waals surface area (Å²) in [7, 11) is 0. The van der Waals surface area contributed by atoms with Crippen molar-refractivity contribution < 1.29 is 4.39 Å². The molecule has 0 fully saturated rings. The Morgan fingerprint density at radius 3 is 2.89 bits per heavy atom. The Morgan fingerprint density at radius 2 is 2.06 bits per heavy atom. The van der Waals surface area contributed by atoms with Crippen molar-refractivity contribution in [3.63, 3.8) is 0 Å². The predicted molar refractivity (Wildman–Crippen MR) is 68.9 cm³/mol. The standard InChI is InChI=1S/C12H9FN4S/c13-9-1-2-10-11(3-9)18-12(17-10)16-6-8-4-14-7-15-5-8/h1-5,7H,6H2,(H,16,17). The minimum absolute atomic E-state index is 0.242. The average Bonchev–Trinajstić information content (AvgIpc) is 2.79. The van der Waals surface area contributed by atoms with E-state index in [1.54, 1.807) is 18.5 Å². The lowest BCUT2D eigenvalue weighted by Crippen LogP contribution is -1.99. The second kappa shape index (κ2) is 4.66. The summed E-state index contributed by atoms with van der Waals surface area (Å²) < 4.78 is 13.9. The molecule has 0 saturated carbocycles. The minimum Gasteiger partial charge on any atom is -0.357 e. The van der Waals surface area contributed by atoms with Gasteiger partial charge in [-0.3, -0.25) is 0 Å². The first kappa shape index (κ1) is 11.0. The smallest absolute Gasteiger partial charge is 0.184 e. The fourth-order valence-corrected chi connectivity index (χ4v) is 2.46. The molecule has 0 saturated heterocycles. The molecule has 0 bridgehead atoms. The Bertz CT molecular complexity index is 668. The highest BCUT2D eigenvalue weighted by Crippen LogP contribution is 2.26. The van der Waals surface area contributed by atoms with Gasteiger partial charge in [0.15, 0.2) is 5.13 Å². The Balaban J connectivity index is 1.79. The van der Waals surface area contributed by atoms with Gasteiger partial charge in [0.05, 0.1) is 10.2 Å². The Labute approximate surface area is 107 Å². The van der Waals surface area contributed by atoms with Crippen molar-refractivity contribution in [2.75, 3.05) is 5.32 Å². The van der Waals surface area contributed by atoms with Crippen molar-refractivity contribution in [1.82, 2.24) is 15.0 Å². The number of rotatable bonds is 3. The van der Waals surface area contributed by atoms with Gasteiger partial charge in [-0.2, -0.15) is 0 Å². The third-order valence-electron chi connectivity index (χ3n) is 2.41. The van der Waals surface area contributed by atoms with Gasteiger partial charge < -0.3 is 5.32 Å². The molecule has 2 aromatic heterocycles. The van der Waals surface area contributed by atoms with Crippen LogP contribution in [-0.2, 0) is 6.54 Å². The van der Waals surface area contributed by atoms with Crippen molar-refractivity contribution in [1.29, 1.82) is 0 Å². The molecule has 3 aromatic rings. The van der Waals surface area contributed by atoms with Crippen LogP contribution in [0.5, 0.6) is 0 Å². The topological polar surface area (TPSA) is 50.7 Å². The molecular formula is C12H9FN4S. The lowest BCUT2D eigenvalue weighted by molar-refractivity contribution is 0.630. The van der Waals surface area contributed by atoms with Crippen molar-refractivity contribution in [3.05, 3.63) is 48.3 Å². The zero-order valence-electron chi connectivity index (χ0n) is 9.30. The van der Waals surface area contributed by atoms with Crippen LogP contribution in [0.4, 0.5) is 9.52 Å². The van der Waals surface area contributed by atoms with E-state index in [4.69, 9.17) is 0 Å². The molecule has 6 heteroatoms. The number of halogens is 1. The van der Waals surface area contributed by atoms with Crippen molar-refractivity contribution >= 4 is 26.7 Å². The molecule has 0 aliphatic heterocycles. The maximum atomic E-state index is 13.0. The van der Waals surface area contributed by atoms with Crippen LogP contribution in [0.1, 0.15) is 5.56 Å². The highest BCUT2D eigenvalue weighted by atomic mass is 32.1. The second-order valence-electron chi connectivity index (χ2n) is 3.73. The number of hydrogen-bond donors (Lipinski definition) is 1. The molecule has 1 N–H and O–H groups in total. The molecule has 0 radical (unpaired) electrons. The number of nitrogens with zero attached hydrogens (tertiary/aromatic N) is 3. The SMILES string of the molecule is Fc1ccc2nc(NCc3cncnc3)sc2c1. The molecular weight excluding hydrogens is 251 g/mol. The zero-order valence-corrected chi connectivity index (χ0v) is 10.1. The summed E-state index contributed by atoms with van der Waals surface area (Å²) in [5.74, 6) is -0.242. The lowest BCUT2D eigenvalue weighted by atomic mass is 10.3. The van der Waals surface area contributed by atoms with E-state index in [0.717, 1.165) is 20.9 Å². The largest absolute Gasteiger partial charge is 0.357 e. The van der Waals surface area contributed by atoms with Crippen LogP contribution < -0.4 is 5.32 Å². The van der Waals surface area contributed by atoms with Gasteiger partial charge in [-0.25, -0.2) is 19.3 Å². The first-order chi connectivity index (χ1) is 8.81. The number of fused-ring (bicyclic) bond motifs is 1. The summed E-state index contributed by atoms with van der Waals surface area (Å²) in [4.78, 5) is 12.2. The molecule has 0 aliphatic rings. The van der Waals surface area contributed by atoms with Gasteiger partial charge in [0, 0.05) is 24.5 Å². The van der Waals surface area contributed by atoms with Crippen molar-refractivity contribution in [3.8, 4) is 0 Å². The molecule has 0 atom stereocenters. The number of benzene rings is 1. The summed E-state index contributed by atoms with van der Waals surface area (Å²) in [5.41, 5.74) is 1.77. The van der Waals surface area contributed by atoms with Gasteiger partial charge in [-0.1, -0.05) is 11.3 Å². The van der Waals surface area contributed by atoms with Gasteiger partial charge in [0.25, 0.3) is 0 Å². The molecule has 2 heterocycles. The third kappa shape index (κ3) is 2.28. The first-order valence-corrected chi connectivity index (χ1v) is 6.17. The van der Waals surface area contributed by atoms with E-state index in [2.05, 4.69) is 20.3 Å². The van der Waals surface area contributed by atoms with Gasteiger partial charge >= 0.3 is 0 Å². The maximum absolute atomic E-state index is 13.0. The molecule has 0 amide bonds. The van der Waals surface area contributed by atoms with Crippen LogP contribution >= 0.6 is 11.3 Å². The van der Waals surface area contributed by atoms with E-state index in [9.17, 15) is 4.39 Å². The van der Waals surface area contributed by atoms with Gasteiger partial charge in [-0.15, -0.1) is 0 Å². The highest BCUT2D eigenvalue weighted by Gasteiger charge is 2.04. The minimum atomic E-state index is -0.242. The van der Waals surface area contributed by atoms with Crippen molar-refractivity contribution in [2.45, 2.75) is 6.54 Å². The van der Waals surface area contributed by atoms with Crippen LogP contribution in [-0.4, -0.2) is 15.0 Å². The first-order valence-electron chi connectivity index (χ1n) is 5.35. The summed E-state index contributed by atoms with van der Waals surface area (Å²) in [5, 5.41) is 3.94. The quantitative estimate of drug-likeness (QED) is 0.786.